The van der Waals surface area contributed by atoms with Crippen LogP contribution in [0.1, 0.15) is 12.2 Å². The van der Waals surface area contributed by atoms with E-state index in [2.05, 4.69) is 4.98 Å². The smallest absolute Gasteiger partial charge is 0.280 e. The summed E-state index contributed by atoms with van der Waals surface area (Å²) >= 11 is 1.76. The Morgan fingerprint density at radius 3 is 2.73 bits per heavy atom. The second-order valence-electron chi connectivity index (χ2n) is 3.10. The molecule has 1 aromatic heterocycles. The molecule has 0 saturated heterocycles. The lowest BCUT2D eigenvalue weighted by atomic mass is 10.4. The number of thioether (sulfide) groups is 1. The van der Waals surface area contributed by atoms with E-state index < -0.39 is 9.05 Å². The first-order valence-corrected chi connectivity index (χ1v) is 8.13. The van der Waals surface area contributed by atoms with E-state index in [0.717, 1.165) is 18.7 Å². The molecule has 86 valence electrons. The van der Waals surface area contributed by atoms with E-state index in [4.69, 9.17) is 10.7 Å². The second-order valence-corrected chi connectivity index (χ2v) is 6.60. The maximum atomic E-state index is 11.0. The Kier molecular flexibility index (Phi) is 4.48. The molecule has 0 radical (unpaired) electrons. The summed E-state index contributed by atoms with van der Waals surface area (Å²) in [6.45, 7) is 2.54. The summed E-state index contributed by atoms with van der Waals surface area (Å²) < 4.78 is 23.8. The van der Waals surface area contributed by atoms with Gasteiger partial charge in [-0.2, -0.15) is 11.8 Å². The van der Waals surface area contributed by atoms with Gasteiger partial charge in [0, 0.05) is 23.4 Å². The van der Waals surface area contributed by atoms with Crippen LogP contribution in [0.4, 0.5) is 0 Å². The highest BCUT2D eigenvalue weighted by Crippen LogP contribution is 2.14. The van der Waals surface area contributed by atoms with Crippen LogP contribution in [0.3, 0.4) is 0 Å². The fourth-order valence-corrected chi connectivity index (χ4v) is 2.34. The van der Waals surface area contributed by atoms with Crippen molar-refractivity contribution in [3.05, 3.63) is 12.0 Å². The van der Waals surface area contributed by atoms with Gasteiger partial charge >= 0.3 is 0 Å². The lowest BCUT2D eigenvalue weighted by Gasteiger charge is -2.02. The van der Waals surface area contributed by atoms with E-state index in [1.807, 2.05) is 10.8 Å². The Hall–Kier alpha value is -0.200. The van der Waals surface area contributed by atoms with Crippen LogP contribution in [0, 0.1) is 6.92 Å². The summed E-state index contributed by atoms with van der Waals surface area (Å²) in [5.41, 5.74) is 0. The Morgan fingerprint density at radius 2 is 2.27 bits per heavy atom. The van der Waals surface area contributed by atoms with Crippen molar-refractivity contribution in [2.45, 2.75) is 24.9 Å². The largest absolute Gasteiger partial charge is 0.334 e. The van der Waals surface area contributed by atoms with Crippen LogP contribution in [-0.4, -0.2) is 30.0 Å². The number of imidazole rings is 1. The number of nitrogens with zero attached hydrogens (tertiary/aromatic N) is 2. The van der Waals surface area contributed by atoms with Crippen LogP contribution in [0.5, 0.6) is 0 Å². The number of hydrogen-bond acceptors (Lipinski definition) is 4. The molecule has 0 saturated carbocycles. The SMILES string of the molecule is CSCCCn1cc(S(=O)(=O)Cl)nc1C. The summed E-state index contributed by atoms with van der Waals surface area (Å²) in [7, 11) is 1.50. The third-order valence-corrected chi connectivity index (χ3v) is 3.82. The number of hydrogen-bond donors (Lipinski definition) is 0. The Labute approximate surface area is 98.5 Å². The van der Waals surface area contributed by atoms with Gasteiger partial charge in [-0.05, 0) is 25.4 Å². The zero-order valence-electron chi connectivity index (χ0n) is 8.60. The van der Waals surface area contributed by atoms with Gasteiger partial charge in [0.1, 0.15) is 5.82 Å². The van der Waals surface area contributed by atoms with Crippen molar-refractivity contribution < 1.29 is 8.42 Å². The minimum absolute atomic E-state index is 0.0641. The van der Waals surface area contributed by atoms with Gasteiger partial charge in [0.25, 0.3) is 9.05 Å². The molecule has 0 fully saturated rings. The van der Waals surface area contributed by atoms with Crippen molar-refractivity contribution in [1.29, 1.82) is 0 Å². The van der Waals surface area contributed by atoms with Crippen molar-refractivity contribution in [3.8, 4) is 0 Å². The summed E-state index contributed by atoms with van der Waals surface area (Å²) in [6.07, 6.45) is 4.51. The molecule has 0 aliphatic heterocycles. The van der Waals surface area contributed by atoms with E-state index in [1.54, 1.807) is 18.7 Å². The molecule has 0 amide bonds. The summed E-state index contributed by atoms with van der Waals surface area (Å²) in [5.74, 6) is 1.72. The minimum Gasteiger partial charge on any atom is -0.334 e. The van der Waals surface area contributed by atoms with Crippen LogP contribution >= 0.6 is 22.4 Å². The predicted octanol–water partition coefficient (Wildman–Crippen LogP) is 1.87. The third kappa shape index (κ3) is 3.70. The summed E-state index contributed by atoms with van der Waals surface area (Å²) in [5, 5.41) is -0.0641. The summed E-state index contributed by atoms with van der Waals surface area (Å²) in [6, 6.07) is 0. The molecule has 1 aromatic rings. The molecule has 0 atom stereocenters. The first-order valence-electron chi connectivity index (χ1n) is 4.42. The van der Waals surface area contributed by atoms with Crippen LogP contribution in [-0.2, 0) is 15.6 Å². The number of rotatable bonds is 5. The molecule has 1 rings (SSSR count). The quantitative estimate of drug-likeness (QED) is 0.604. The summed E-state index contributed by atoms with van der Waals surface area (Å²) in [4.78, 5) is 3.90. The fraction of sp³-hybridized carbons (Fsp3) is 0.625. The van der Waals surface area contributed by atoms with Crippen molar-refractivity contribution in [2.75, 3.05) is 12.0 Å². The number of halogens is 1. The Bertz CT molecular complexity index is 428. The van der Waals surface area contributed by atoms with Crippen molar-refractivity contribution in [1.82, 2.24) is 9.55 Å². The third-order valence-electron chi connectivity index (χ3n) is 1.95. The average Bonchev–Trinajstić information content (AvgIpc) is 2.48. The van der Waals surface area contributed by atoms with E-state index in [9.17, 15) is 8.42 Å². The molecule has 0 spiro atoms. The molecule has 0 bridgehead atoms. The maximum Gasteiger partial charge on any atom is 0.280 e. The first kappa shape index (κ1) is 12.9. The minimum atomic E-state index is -3.70. The standard InChI is InChI=1S/C8H13ClN2O2S2/c1-7-10-8(15(9,12)13)6-11(7)4-3-5-14-2/h6H,3-5H2,1-2H3. The molecular formula is C8H13ClN2O2S2. The van der Waals surface area contributed by atoms with Gasteiger partial charge in [0.15, 0.2) is 5.03 Å². The molecule has 0 unspecified atom stereocenters. The van der Waals surface area contributed by atoms with E-state index in [1.165, 1.54) is 6.20 Å². The van der Waals surface area contributed by atoms with Gasteiger partial charge in [0.2, 0.25) is 0 Å². The lowest BCUT2D eigenvalue weighted by Crippen LogP contribution is -1.99. The van der Waals surface area contributed by atoms with Crippen LogP contribution < -0.4 is 0 Å². The first-order chi connectivity index (χ1) is 6.95. The zero-order chi connectivity index (χ0) is 11.5. The van der Waals surface area contributed by atoms with Gasteiger partial charge in [-0.1, -0.05) is 0 Å². The Balaban J connectivity index is 2.78. The van der Waals surface area contributed by atoms with Gasteiger partial charge in [-0.15, -0.1) is 0 Å². The van der Waals surface area contributed by atoms with Gasteiger partial charge < -0.3 is 4.57 Å². The molecule has 0 aromatic carbocycles. The highest BCUT2D eigenvalue weighted by molar-refractivity contribution is 8.13. The topological polar surface area (TPSA) is 52.0 Å². The normalized spacial score (nSPS) is 11.9. The van der Waals surface area contributed by atoms with Crippen molar-refractivity contribution in [3.63, 3.8) is 0 Å². The maximum absolute atomic E-state index is 11.0. The zero-order valence-corrected chi connectivity index (χ0v) is 11.0. The highest BCUT2D eigenvalue weighted by Gasteiger charge is 2.15. The fourth-order valence-electron chi connectivity index (χ4n) is 1.20. The molecule has 0 aliphatic carbocycles. The molecular weight excluding hydrogens is 256 g/mol. The van der Waals surface area contributed by atoms with E-state index >= 15 is 0 Å². The molecule has 4 nitrogen and oxygen atoms in total. The molecule has 15 heavy (non-hydrogen) atoms. The van der Waals surface area contributed by atoms with Gasteiger partial charge in [-0.25, -0.2) is 13.4 Å². The molecule has 1 heterocycles. The van der Waals surface area contributed by atoms with Crippen molar-refractivity contribution >= 4 is 31.5 Å². The Morgan fingerprint density at radius 1 is 1.60 bits per heavy atom. The average molecular weight is 269 g/mol. The van der Waals surface area contributed by atoms with Crippen LogP contribution in [0.25, 0.3) is 0 Å². The predicted molar refractivity (Wildman–Crippen MR) is 63.0 cm³/mol. The number of aryl methyl sites for hydroxylation is 2. The van der Waals surface area contributed by atoms with E-state index in [-0.39, 0.29) is 5.03 Å². The highest BCUT2D eigenvalue weighted by atomic mass is 35.7. The number of aromatic nitrogens is 2. The lowest BCUT2D eigenvalue weighted by molar-refractivity contribution is 0.606. The monoisotopic (exact) mass is 268 g/mol. The van der Waals surface area contributed by atoms with Gasteiger partial charge in [0.05, 0.1) is 0 Å². The van der Waals surface area contributed by atoms with Crippen LogP contribution in [0.2, 0.25) is 0 Å². The van der Waals surface area contributed by atoms with Crippen LogP contribution in [0.15, 0.2) is 11.2 Å². The van der Waals surface area contributed by atoms with E-state index in [0.29, 0.717) is 5.82 Å². The van der Waals surface area contributed by atoms with Crippen molar-refractivity contribution in [2.24, 2.45) is 0 Å². The second kappa shape index (κ2) is 5.23. The molecule has 0 N–H and O–H groups in total. The molecule has 7 heteroatoms. The van der Waals surface area contributed by atoms with Gasteiger partial charge in [-0.3, -0.25) is 0 Å². The molecule has 0 aliphatic rings.